The molecule has 0 saturated carbocycles. The number of rotatable bonds is 10. The average Bonchev–Trinajstić information content (AvgIpc) is 2.98. The van der Waals surface area contributed by atoms with Crippen LogP contribution in [0.15, 0.2) is 95.0 Å². The maximum atomic E-state index is 12.4. The van der Waals surface area contributed by atoms with E-state index in [0.29, 0.717) is 28.3 Å². The number of pyridine rings is 1. The van der Waals surface area contributed by atoms with E-state index >= 15 is 0 Å². The lowest BCUT2D eigenvalue weighted by atomic mass is 9.83. The van der Waals surface area contributed by atoms with Crippen LogP contribution in [-0.2, 0) is 16.6 Å². The monoisotopic (exact) mass is 570 g/mol. The van der Waals surface area contributed by atoms with Crippen LogP contribution in [0.2, 0.25) is 5.02 Å². The topological polar surface area (TPSA) is 98.0 Å². The van der Waals surface area contributed by atoms with Gasteiger partial charge in [0.25, 0.3) is 0 Å². The molecule has 7 nitrogen and oxygen atoms in total. The second-order valence-corrected chi connectivity index (χ2v) is 10.3. The molecule has 0 aliphatic rings. The molecule has 1 heterocycles. The number of hydrogen-bond donors (Lipinski definition) is 1. The van der Waals surface area contributed by atoms with E-state index in [1.165, 1.54) is 17.7 Å². The highest BCUT2D eigenvalue weighted by molar-refractivity contribution is 6.30. The van der Waals surface area contributed by atoms with Gasteiger partial charge in [-0.2, -0.15) is 0 Å². The van der Waals surface area contributed by atoms with Gasteiger partial charge in [0.2, 0.25) is 5.56 Å². The molecule has 4 aromatic rings. The van der Waals surface area contributed by atoms with Crippen LogP contribution in [0.1, 0.15) is 57.8 Å². The number of aryl methyl sites for hydroxylation is 2. The predicted molar refractivity (Wildman–Crippen MR) is 160 cm³/mol. The molecule has 1 aromatic heterocycles. The first-order valence-corrected chi connectivity index (χ1v) is 13.5. The summed E-state index contributed by atoms with van der Waals surface area (Å²) in [6, 6.07) is 24.3. The Kier molecular flexibility index (Phi) is 9.53. The quantitative estimate of drug-likeness (QED) is 0.0766. The number of ether oxygens (including phenoxy) is 1. The number of carbonyl (C=O) groups excluding carboxylic acids is 2. The van der Waals surface area contributed by atoms with E-state index in [2.05, 4.69) is 9.89 Å². The van der Waals surface area contributed by atoms with Gasteiger partial charge in [-0.3, -0.25) is 14.4 Å². The van der Waals surface area contributed by atoms with Crippen LogP contribution in [0.3, 0.4) is 0 Å². The molecule has 1 N–H and O–H groups in total. The Bertz CT molecular complexity index is 1640. The van der Waals surface area contributed by atoms with Gasteiger partial charge in [-0.15, -0.1) is 0 Å². The predicted octanol–water partition coefficient (Wildman–Crippen LogP) is 6.55. The molecular weight excluding hydrogens is 540 g/mol. The summed E-state index contributed by atoms with van der Waals surface area (Å²) in [6.07, 6.45) is 2.21. The van der Waals surface area contributed by atoms with Crippen LogP contribution in [0.5, 0.6) is 0 Å². The summed E-state index contributed by atoms with van der Waals surface area (Å²) in [5.41, 5.74) is 6.50. The van der Waals surface area contributed by atoms with E-state index in [4.69, 9.17) is 11.6 Å². The van der Waals surface area contributed by atoms with Crippen molar-refractivity contribution in [2.45, 2.75) is 32.1 Å². The zero-order valence-corrected chi connectivity index (χ0v) is 23.9. The summed E-state index contributed by atoms with van der Waals surface area (Å²) >= 11 is 6.25. The van der Waals surface area contributed by atoms with Crippen molar-refractivity contribution in [2.24, 2.45) is 12.2 Å². The normalized spacial score (nSPS) is 12.1. The Morgan fingerprint density at radius 3 is 2.15 bits per heavy atom. The van der Waals surface area contributed by atoms with Crippen molar-refractivity contribution in [3.8, 4) is 11.1 Å². The Morgan fingerprint density at radius 1 is 0.927 bits per heavy atom. The van der Waals surface area contributed by atoms with Gasteiger partial charge in [0.1, 0.15) is 0 Å². The minimum atomic E-state index is -0.408. The number of ketones is 1. The highest BCUT2D eigenvalue weighted by Gasteiger charge is 2.21. The van der Waals surface area contributed by atoms with Crippen molar-refractivity contribution in [2.75, 3.05) is 7.11 Å². The molecule has 1 unspecified atom stereocenters. The smallest absolute Gasteiger partial charge is 0.305 e. The minimum Gasteiger partial charge on any atom is -0.469 e. The van der Waals surface area contributed by atoms with E-state index in [1.807, 2.05) is 61.5 Å². The van der Waals surface area contributed by atoms with Crippen LogP contribution in [0.4, 0.5) is 0 Å². The summed E-state index contributed by atoms with van der Waals surface area (Å²) in [5.74, 6) is -0.675. The Hall–Kier alpha value is -4.49. The number of esters is 1. The number of benzene rings is 3. The van der Waals surface area contributed by atoms with E-state index < -0.39 is 5.97 Å². The van der Waals surface area contributed by atoms with E-state index in [1.54, 1.807) is 31.4 Å². The molecular formula is C33H31ClN2O5. The largest absolute Gasteiger partial charge is 0.469 e. The molecule has 0 bridgehead atoms. The summed E-state index contributed by atoms with van der Waals surface area (Å²) in [6.45, 7) is 2.00. The van der Waals surface area contributed by atoms with Gasteiger partial charge in [0.05, 0.1) is 19.2 Å². The van der Waals surface area contributed by atoms with Gasteiger partial charge in [0.15, 0.2) is 5.78 Å². The molecule has 0 spiro atoms. The number of Topliss-reactive ketones (excluding diaryl/α,β-unsaturated/α-hetero) is 1. The van der Waals surface area contributed by atoms with Crippen molar-refractivity contribution in [1.82, 2.24) is 4.57 Å². The molecule has 210 valence electrons. The summed E-state index contributed by atoms with van der Waals surface area (Å²) < 4.78 is 6.06. The molecule has 41 heavy (non-hydrogen) atoms. The summed E-state index contributed by atoms with van der Waals surface area (Å²) in [4.78, 5) is 35.7. The highest BCUT2D eigenvalue weighted by atomic mass is 35.5. The maximum Gasteiger partial charge on any atom is 0.305 e. The lowest BCUT2D eigenvalue weighted by Crippen LogP contribution is -2.18. The minimum absolute atomic E-state index is 0.0535. The third-order valence-electron chi connectivity index (χ3n) is 7.18. The SMILES string of the molecule is COC(=O)CCC(=O)c1ccc(-c2ccc(C(C/C(=N\O)c3ccc(=O)n(C)c3)c3ccc(Cl)cc3C)cc2)cc1. The number of halogens is 1. The second-order valence-electron chi connectivity index (χ2n) is 9.87. The van der Waals surface area contributed by atoms with E-state index in [9.17, 15) is 19.6 Å². The van der Waals surface area contributed by atoms with Crippen LogP contribution in [0.25, 0.3) is 11.1 Å². The average molecular weight is 571 g/mol. The van der Waals surface area contributed by atoms with Crippen molar-refractivity contribution >= 4 is 29.1 Å². The molecule has 0 amide bonds. The van der Waals surface area contributed by atoms with Crippen molar-refractivity contribution in [3.05, 3.63) is 128 Å². The van der Waals surface area contributed by atoms with Gasteiger partial charge in [-0.25, -0.2) is 0 Å². The molecule has 0 aliphatic heterocycles. The van der Waals surface area contributed by atoms with Gasteiger partial charge >= 0.3 is 5.97 Å². The number of nitrogens with zero attached hydrogens (tertiary/aromatic N) is 2. The molecule has 3 aromatic carbocycles. The Balaban J connectivity index is 1.62. The zero-order valence-electron chi connectivity index (χ0n) is 23.1. The first-order valence-electron chi connectivity index (χ1n) is 13.1. The van der Waals surface area contributed by atoms with Gasteiger partial charge < -0.3 is 14.5 Å². The van der Waals surface area contributed by atoms with Crippen LogP contribution >= 0.6 is 11.6 Å². The molecule has 0 radical (unpaired) electrons. The number of methoxy groups -OCH3 is 1. The summed E-state index contributed by atoms with van der Waals surface area (Å²) in [5, 5.41) is 14.2. The Morgan fingerprint density at radius 2 is 1.56 bits per heavy atom. The first-order chi connectivity index (χ1) is 19.7. The number of aromatic nitrogens is 1. The van der Waals surface area contributed by atoms with Crippen LogP contribution in [-0.4, -0.2) is 34.3 Å². The van der Waals surface area contributed by atoms with Gasteiger partial charge in [-0.05, 0) is 52.9 Å². The third-order valence-corrected chi connectivity index (χ3v) is 7.42. The highest BCUT2D eigenvalue weighted by Crippen LogP contribution is 2.34. The molecule has 8 heteroatoms. The van der Waals surface area contributed by atoms with Crippen LogP contribution < -0.4 is 5.56 Å². The molecule has 4 rings (SSSR count). The lowest BCUT2D eigenvalue weighted by molar-refractivity contribution is -0.140. The third kappa shape index (κ3) is 7.18. The molecule has 0 aliphatic carbocycles. The Labute approximate surface area is 243 Å². The fourth-order valence-electron chi connectivity index (χ4n) is 4.83. The second kappa shape index (κ2) is 13.2. The van der Waals surface area contributed by atoms with Crippen molar-refractivity contribution < 1.29 is 19.5 Å². The van der Waals surface area contributed by atoms with Gasteiger partial charge in [0, 0.05) is 54.2 Å². The fourth-order valence-corrected chi connectivity index (χ4v) is 5.06. The summed E-state index contributed by atoms with van der Waals surface area (Å²) in [7, 11) is 2.96. The zero-order chi connectivity index (χ0) is 29.5. The number of carbonyl (C=O) groups is 2. The van der Waals surface area contributed by atoms with Gasteiger partial charge in [-0.1, -0.05) is 71.4 Å². The van der Waals surface area contributed by atoms with E-state index in [0.717, 1.165) is 27.8 Å². The fraction of sp³-hybridized carbons (Fsp3) is 0.212. The standard InChI is InChI=1S/C33H31ClN2O5/c1-21-18-27(34)13-14-28(21)29(19-30(35-40)26-12-16-32(38)36(2)20-26)24-8-4-22(5-9-24)23-6-10-25(11-7-23)31(37)15-17-33(39)41-3/h4-14,16,18,20,29,40H,15,17,19H2,1-3H3/b35-30+. The maximum absolute atomic E-state index is 12.4. The molecule has 0 fully saturated rings. The number of hydrogen-bond acceptors (Lipinski definition) is 6. The van der Waals surface area contributed by atoms with E-state index in [-0.39, 0.29) is 30.1 Å². The van der Waals surface area contributed by atoms with Crippen LogP contribution in [0, 0.1) is 6.92 Å². The lowest BCUT2D eigenvalue weighted by Gasteiger charge is -2.21. The van der Waals surface area contributed by atoms with Crippen molar-refractivity contribution in [3.63, 3.8) is 0 Å². The first kappa shape index (κ1) is 29.5. The van der Waals surface area contributed by atoms with Crippen molar-refractivity contribution in [1.29, 1.82) is 0 Å². The molecule has 0 saturated heterocycles. The number of oxime groups is 1. The molecule has 1 atom stereocenters.